The molecule has 0 atom stereocenters. The number of benzene rings is 2. The molecule has 2 aromatic heterocycles. The SMILES string of the molecule is COc1ccc(Cc2nnc3sc(COc4ccc(C(C)(C)C)cc4)nn23)cc1. The Labute approximate surface area is 174 Å². The molecule has 0 aliphatic heterocycles. The Hall–Kier alpha value is -2.93. The second kappa shape index (κ2) is 7.83. The van der Waals surface area contributed by atoms with Crippen molar-refractivity contribution in [3.8, 4) is 11.5 Å². The van der Waals surface area contributed by atoms with Gasteiger partial charge in [0.25, 0.3) is 0 Å². The Morgan fingerprint density at radius 3 is 2.28 bits per heavy atom. The van der Waals surface area contributed by atoms with Crippen LogP contribution >= 0.6 is 11.3 Å². The van der Waals surface area contributed by atoms with E-state index < -0.39 is 0 Å². The highest BCUT2D eigenvalue weighted by atomic mass is 32.1. The fourth-order valence-electron chi connectivity index (χ4n) is 2.99. The zero-order valence-electron chi connectivity index (χ0n) is 17.0. The van der Waals surface area contributed by atoms with Crippen molar-refractivity contribution in [1.82, 2.24) is 19.8 Å². The lowest BCUT2D eigenvalue weighted by molar-refractivity contribution is 0.303. The molecule has 0 bridgehead atoms. The minimum atomic E-state index is 0.131. The van der Waals surface area contributed by atoms with Crippen LogP contribution in [-0.4, -0.2) is 26.9 Å². The van der Waals surface area contributed by atoms with Crippen molar-refractivity contribution in [3.05, 3.63) is 70.5 Å². The molecule has 6 nitrogen and oxygen atoms in total. The average molecular weight is 409 g/mol. The second-order valence-electron chi connectivity index (χ2n) is 7.89. The highest BCUT2D eigenvalue weighted by Gasteiger charge is 2.14. The number of nitrogens with zero attached hydrogens (tertiary/aromatic N) is 4. The summed E-state index contributed by atoms with van der Waals surface area (Å²) in [6, 6.07) is 16.2. The summed E-state index contributed by atoms with van der Waals surface area (Å²) in [5.41, 5.74) is 2.54. The van der Waals surface area contributed by atoms with E-state index in [0.717, 1.165) is 32.9 Å². The van der Waals surface area contributed by atoms with E-state index in [9.17, 15) is 0 Å². The van der Waals surface area contributed by atoms with Crippen molar-refractivity contribution >= 4 is 16.3 Å². The number of fused-ring (bicyclic) bond motifs is 1. The zero-order valence-corrected chi connectivity index (χ0v) is 17.9. The number of ether oxygens (including phenoxy) is 2. The van der Waals surface area contributed by atoms with Crippen molar-refractivity contribution < 1.29 is 9.47 Å². The number of aromatic nitrogens is 4. The first-order valence-electron chi connectivity index (χ1n) is 9.48. The van der Waals surface area contributed by atoms with Crippen LogP contribution in [0.25, 0.3) is 4.96 Å². The van der Waals surface area contributed by atoms with Gasteiger partial charge in [-0.1, -0.05) is 56.4 Å². The summed E-state index contributed by atoms with van der Waals surface area (Å²) in [7, 11) is 1.66. The van der Waals surface area contributed by atoms with Crippen molar-refractivity contribution in [1.29, 1.82) is 0 Å². The van der Waals surface area contributed by atoms with Crippen molar-refractivity contribution in [2.24, 2.45) is 0 Å². The molecule has 7 heteroatoms. The summed E-state index contributed by atoms with van der Waals surface area (Å²) in [6.45, 7) is 7.01. The van der Waals surface area contributed by atoms with E-state index in [0.29, 0.717) is 13.0 Å². The van der Waals surface area contributed by atoms with Gasteiger partial charge in [0.1, 0.15) is 18.1 Å². The summed E-state index contributed by atoms with van der Waals surface area (Å²) in [5, 5.41) is 14.0. The van der Waals surface area contributed by atoms with Crippen LogP contribution in [0, 0.1) is 0 Å². The third-order valence-electron chi connectivity index (χ3n) is 4.70. The van der Waals surface area contributed by atoms with E-state index in [2.05, 4.69) is 48.2 Å². The Morgan fingerprint density at radius 1 is 0.931 bits per heavy atom. The minimum absolute atomic E-state index is 0.131. The smallest absolute Gasteiger partial charge is 0.234 e. The van der Waals surface area contributed by atoms with Gasteiger partial charge in [-0.25, -0.2) is 0 Å². The lowest BCUT2D eigenvalue weighted by Crippen LogP contribution is -2.10. The first-order valence-corrected chi connectivity index (χ1v) is 10.3. The highest BCUT2D eigenvalue weighted by molar-refractivity contribution is 7.16. The molecule has 29 heavy (non-hydrogen) atoms. The normalized spacial score (nSPS) is 11.7. The molecule has 0 aliphatic carbocycles. The number of hydrogen-bond donors (Lipinski definition) is 0. The molecule has 150 valence electrons. The van der Waals surface area contributed by atoms with E-state index in [1.165, 1.54) is 16.9 Å². The fraction of sp³-hybridized carbons (Fsp3) is 0.318. The second-order valence-corrected chi connectivity index (χ2v) is 8.93. The van der Waals surface area contributed by atoms with Gasteiger partial charge >= 0.3 is 0 Å². The van der Waals surface area contributed by atoms with Crippen LogP contribution in [0.15, 0.2) is 48.5 Å². The summed E-state index contributed by atoms with van der Waals surface area (Å²) < 4.78 is 12.9. The monoisotopic (exact) mass is 408 g/mol. The molecule has 0 amide bonds. The van der Waals surface area contributed by atoms with Gasteiger partial charge in [0.05, 0.1) is 7.11 Å². The van der Waals surface area contributed by atoms with E-state index in [1.807, 2.05) is 36.4 Å². The van der Waals surface area contributed by atoms with Crippen molar-refractivity contribution in [2.45, 2.75) is 39.2 Å². The molecule has 0 N–H and O–H groups in total. The lowest BCUT2D eigenvalue weighted by atomic mass is 9.87. The molecule has 2 heterocycles. The first kappa shape index (κ1) is 19.4. The molecule has 0 radical (unpaired) electrons. The molecule has 0 spiro atoms. The van der Waals surface area contributed by atoms with Crippen LogP contribution < -0.4 is 9.47 Å². The van der Waals surface area contributed by atoms with Gasteiger partial charge in [0.15, 0.2) is 10.8 Å². The minimum Gasteiger partial charge on any atom is -0.497 e. The lowest BCUT2D eigenvalue weighted by Gasteiger charge is -2.19. The van der Waals surface area contributed by atoms with Gasteiger partial charge in [-0.2, -0.15) is 9.61 Å². The summed E-state index contributed by atoms with van der Waals surface area (Å²) >= 11 is 1.49. The molecule has 0 aliphatic rings. The van der Waals surface area contributed by atoms with Gasteiger partial charge < -0.3 is 9.47 Å². The molecule has 2 aromatic carbocycles. The predicted octanol–water partition coefficient (Wildman–Crippen LogP) is 4.66. The van der Waals surface area contributed by atoms with Crippen LogP contribution in [-0.2, 0) is 18.4 Å². The Kier molecular flexibility index (Phi) is 5.24. The van der Waals surface area contributed by atoms with Gasteiger partial charge in [-0.3, -0.25) is 0 Å². The number of hydrogen-bond acceptors (Lipinski definition) is 6. The van der Waals surface area contributed by atoms with Crippen molar-refractivity contribution in [3.63, 3.8) is 0 Å². The van der Waals surface area contributed by atoms with Crippen LogP contribution in [0.2, 0.25) is 0 Å². The van der Waals surface area contributed by atoms with Gasteiger partial charge in [-0.05, 0) is 40.8 Å². The summed E-state index contributed by atoms with van der Waals surface area (Å²) in [6.07, 6.45) is 0.656. The first-order chi connectivity index (χ1) is 13.9. The topological polar surface area (TPSA) is 61.5 Å². The Morgan fingerprint density at radius 2 is 1.62 bits per heavy atom. The predicted molar refractivity (Wildman–Crippen MR) is 114 cm³/mol. The summed E-state index contributed by atoms with van der Waals surface area (Å²) in [5.74, 6) is 2.48. The maximum Gasteiger partial charge on any atom is 0.234 e. The number of methoxy groups -OCH3 is 1. The van der Waals surface area contributed by atoms with E-state index in [1.54, 1.807) is 11.6 Å². The number of rotatable bonds is 6. The maximum atomic E-state index is 5.91. The molecule has 4 rings (SSSR count). The molecule has 0 unspecified atom stereocenters. The molecule has 0 saturated heterocycles. The third-order valence-corrected chi connectivity index (χ3v) is 5.57. The zero-order chi connectivity index (χ0) is 20.4. The van der Waals surface area contributed by atoms with Crippen LogP contribution in [0.5, 0.6) is 11.5 Å². The Balaban J connectivity index is 1.44. The quantitative estimate of drug-likeness (QED) is 0.464. The van der Waals surface area contributed by atoms with Crippen molar-refractivity contribution in [2.75, 3.05) is 7.11 Å². The molecular formula is C22H24N4O2S. The van der Waals surface area contributed by atoms with Crippen LogP contribution in [0.3, 0.4) is 0 Å². The van der Waals surface area contributed by atoms with Gasteiger partial charge in [-0.15, -0.1) is 10.2 Å². The van der Waals surface area contributed by atoms with Crippen LogP contribution in [0.1, 0.15) is 42.7 Å². The fourth-order valence-corrected chi connectivity index (χ4v) is 3.75. The molecule has 0 saturated carbocycles. The van der Waals surface area contributed by atoms with Crippen LogP contribution in [0.4, 0.5) is 0 Å². The molecule has 0 fully saturated rings. The summed E-state index contributed by atoms with van der Waals surface area (Å²) in [4.78, 5) is 0.773. The molecular weight excluding hydrogens is 384 g/mol. The van der Waals surface area contributed by atoms with Gasteiger partial charge in [0.2, 0.25) is 4.96 Å². The average Bonchev–Trinajstić information content (AvgIpc) is 3.28. The largest absolute Gasteiger partial charge is 0.497 e. The van der Waals surface area contributed by atoms with Gasteiger partial charge in [0, 0.05) is 6.42 Å². The van der Waals surface area contributed by atoms with E-state index >= 15 is 0 Å². The maximum absolute atomic E-state index is 5.91. The third kappa shape index (κ3) is 4.40. The molecule has 4 aromatic rings. The van der Waals surface area contributed by atoms with E-state index in [4.69, 9.17) is 9.47 Å². The Bertz CT molecular complexity index is 1090. The van der Waals surface area contributed by atoms with E-state index in [-0.39, 0.29) is 5.41 Å². The standard InChI is InChI=1S/C22H24N4O2S/c1-22(2,3)16-7-11-18(12-8-16)28-14-20-25-26-19(23-24-21(26)29-20)13-15-5-9-17(27-4)10-6-15/h5-12H,13-14H2,1-4H3. The highest BCUT2D eigenvalue weighted by Crippen LogP contribution is 2.25.